The zero-order valence-corrected chi connectivity index (χ0v) is 31.7. The minimum absolute atomic E-state index is 1.15. The van der Waals surface area contributed by atoms with E-state index in [0.29, 0.717) is 0 Å². The minimum Gasteiger partial charge on any atom is -0.309 e. The number of para-hydroxylation sites is 2. The Morgan fingerprint density at radius 3 is 1.36 bits per heavy atom. The van der Waals surface area contributed by atoms with Crippen molar-refractivity contribution in [2.24, 2.45) is 0 Å². The van der Waals surface area contributed by atoms with Gasteiger partial charge in [0.25, 0.3) is 0 Å². The van der Waals surface area contributed by atoms with E-state index in [9.17, 15) is 0 Å². The summed E-state index contributed by atoms with van der Waals surface area (Å²) >= 11 is 0. The molecule has 2 heteroatoms. The van der Waals surface area contributed by atoms with Crippen LogP contribution in [0.5, 0.6) is 0 Å². The molecule has 0 saturated heterocycles. The minimum atomic E-state index is 1.15. The first kappa shape index (κ1) is 32.6. The van der Waals surface area contributed by atoms with Crippen LogP contribution in [0.25, 0.3) is 110 Å². The van der Waals surface area contributed by atoms with Crippen molar-refractivity contribution in [3.05, 3.63) is 218 Å². The van der Waals surface area contributed by atoms with E-state index in [2.05, 4.69) is 228 Å². The maximum absolute atomic E-state index is 2.42. The van der Waals surface area contributed by atoms with Crippen LogP contribution in [-0.4, -0.2) is 9.13 Å². The van der Waals surface area contributed by atoms with E-state index in [1.54, 1.807) is 0 Å². The SMILES string of the molecule is c1ccc(-c2cccc(-c3cccc(-n4c5ccccc5c5cc(-c6ccc7c(c6)c6ccccc6n7-c6ccc7c(ccc8ccccc87)c6)ccc54)c3)c2)cc1. The molecule has 0 aliphatic heterocycles. The molecule has 2 heterocycles. The molecule has 0 N–H and O–H groups in total. The van der Waals surface area contributed by atoms with Crippen molar-refractivity contribution in [1.82, 2.24) is 9.13 Å². The Kier molecular flexibility index (Phi) is 7.26. The zero-order chi connectivity index (χ0) is 38.2. The summed E-state index contributed by atoms with van der Waals surface area (Å²) in [5.41, 5.74) is 14.4. The summed E-state index contributed by atoms with van der Waals surface area (Å²) in [5.74, 6) is 0. The molecule has 10 aromatic carbocycles. The molecule has 0 saturated carbocycles. The number of fused-ring (bicyclic) bond motifs is 9. The summed E-state index contributed by atoms with van der Waals surface area (Å²) in [6.45, 7) is 0. The molecule has 58 heavy (non-hydrogen) atoms. The van der Waals surface area contributed by atoms with Gasteiger partial charge in [-0.05, 0) is 122 Å². The normalized spacial score (nSPS) is 11.8. The van der Waals surface area contributed by atoms with Gasteiger partial charge in [0.15, 0.2) is 0 Å². The second kappa shape index (κ2) is 12.9. The molecule has 2 aromatic heterocycles. The van der Waals surface area contributed by atoms with Crippen LogP contribution in [0, 0.1) is 0 Å². The van der Waals surface area contributed by atoms with E-state index in [1.165, 1.54) is 104 Å². The first-order valence-corrected chi connectivity index (χ1v) is 20.0. The zero-order valence-electron chi connectivity index (χ0n) is 31.7. The molecule has 0 unspecified atom stereocenters. The predicted molar refractivity (Wildman–Crippen MR) is 246 cm³/mol. The average Bonchev–Trinajstić information content (AvgIpc) is 3.81. The second-order valence-corrected chi connectivity index (χ2v) is 15.4. The smallest absolute Gasteiger partial charge is 0.0541 e. The van der Waals surface area contributed by atoms with Crippen LogP contribution in [0.2, 0.25) is 0 Å². The van der Waals surface area contributed by atoms with E-state index in [1.807, 2.05) is 0 Å². The lowest BCUT2D eigenvalue weighted by molar-refractivity contribution is 1.18. The first-order valence-electron chi connectivity index (χ1n) is 20.0. The molecule has 2 nitrogen and oxygen atoms in total. The van der Waals surface area contributed by atoms with E-state index < -0.39 is 0 Å². The van der Waals surface area contributed by atoms with Crippen LogP contribution in [0.15, 0.2) is 218 Å². The average molecular weight is 737 g/mol. The molecule has 270 valence electrons. The topological polar surface area (TPSA) is 9.86 Å². The third-order valence-electron chi connectivity index (χ3n) is 12.1. The Bertz CT molecular complexity index is 3570. The van der Waals surface area contributed by atoms with Gasteiger partial charge in [-0.3, -0.25) is 0 Å². The fourth-order valence-corrected chi connectivity index (χ4v) is 9.33. The molecule has 0 bridgehead atoms. The van der Waals surface area contributed by atoms with E-state index in [4.69, 9.17) is 0 Å². The molecular weight excluding hydrogens is 701 g/mol. The molecule has 0 amide bonds. The number of aromatic nitrogens is 2. The van der Waals surface area contributed by atoms with Crippen LogP contribution in [0.1, 0.15) is 0 Å². The second-order valence-electron chi connectivity index (χ2n) is 15.4. The largest absolute Gasteiger partial charge is 0.309 e. The van der Waals surface area contributed by atoms with Crippen molar-refractivity contribution in [1.29, 1.82) is 0 Å². The summed E-state index contributed by atoms with van der Waals surface area (Å²) < 4.78 is 4.84. The highest BCUT2D eigenvalue weighted by atomic mass is 15.0. The Morgan fingerprint density at radius 1 is 0.207 bits per heavy atom. The molecule has 0 aliphatic rings. The van der Waals surface area contributed by atoms with Crippen LogP contribution in [0.4, 0.5) is 0 Å². The van der Waals surface area contributed by atoms with Crippen LogP contribution in [-0.2, 0) is 0 Å². The standard InChI is InChI=1S/C56H36N2/c1-2-12-37(13-3-1)39-15-10-16-40(32-39)41-17-11-18-45(33-41)57-53-22-8-6-20-49(53)51-35-42(26-30-55(51)57)43-27-31-56-52(36-43)50-21-7-9-23-54(50)58(56)46-28-29-48-44(34-46)25-24-38-14-4-5-19-47(38)48/h1-36H. The van der Waals surface area contributed by atoms with Crippen molar-refractivity contribution in [3.8, 4) is 44.8 Å². The van der Waals surface area contributed by atoms with Crippen LogP contribution < -0.4 is 0 Å². The summed E-state index contributed by atoms with van der Waals surface area (Å²) in [4.78, 5) is 0. The molecule has 0 spiro atoms. The number of rotatable bonds is 5. The van der Waals surface area contributed by atoms with Gasteiger partial charge < -0.3 is 9.13 Å². The van der Waals surface area contributed by atoms with E-state index in [0.717, 1.165) is 5.69 Å². The summed E-state index contributed by atoms with van der Waals surface area (Å²) in [7, 11) is 0. The van der Waals surface area contributed by atoms with Crippen LogP contribution in [0.3, 0.4) is 0 Å². The third kappa shape index (κ3) is 5.12. The highest BCUT2D eigenvalue weighted by Gasteiger charge is 2.17. The Morgan fingerprint density at radius 2 is 0.672 bits per heavy atom. The van der Waals surface area contributed by atoms with Crippen molar-refractivity contribution < 1.29 is 0 Å². The summed E-state index contributed by atoms with van der Waals surface area (Å²) in [5, 5.41) is 10.1. The maximum Gasteiger partial charge on any atom is 0.0541 e. The molecular formula is C56H36N2. The molecule has 0 fully saturated rings. The van der Waals surface area contributed by atoms with E-state index in [-0.39, 0.29) is 0 Å². The van der Waals surface area contributed by atoms with Crippen molar-refractivity contribution in [2.45, 2.75) is 0 Å². The van der Waals surface area contributed by atoms with Gasteiger partial charge in [0.05, 0.1) is 22.1 Å². The van der Waals surface area contributed by atoms with E-state index >= 15 is 0 Å². The quantitative estimate of drug-likeness (QED) is 0.156. The number of benzene rings is 10. The first-order chi connectivity index (χ1) is 28.7. The lowest BCUT2D eigenvalue weighted by Crippen LogP contribution is -1.94. The lowest BCUT2D eigenvalue weighted by atomic mass is 9.99. The third-order valence-corrected chi connectivity index (χ3v) is 12.1. The van der Waals surface area contributed by atoms with Crippen molar-refractivity contribution in [3.63, 3.8) is 0 Å². The fourth-order valence-electron chi connectivity index (χ4n) is 9.33. The van der Waals surface area contributed by atoms with Gasteiger partial charge in [0, 0.05) is 32.9 Å². The van der Waals surface area contributed by atoms with Gasteiger partial charge in [-0.15, -0.1) is 0 Å². The van der Waals surface area contributed by atoms with Gasteiger partial charge in [-0.2, -0.15) is 0 Å². The predicted octanol–water partition coefficient (Wildman–Crippen LogP) is 15.2. The summed E-state index contributed by atoms with van der Waals surface area (Å²) in [6, 6.07) is 80.0. The molecule has 12 aromatic rings. The fraction of sp³-hybridized carbons (Fsp3) is 0. The summed E-state index contributed by atoms with van der Waals surface area (Å²) in [6.07, 6.45) is 0. The Hall–Kier alpha value is -7.68. The number of nitrogens with zero attached hydrogens (tertiary/aromatic N) is 2. The van der Waals surface area contributed by atoms with Gasteiger partial charge in [-0.1, -0.05) is 152 Å². The van der Waals surface area contributed by atoms with Crippen LogP contribution >= 0.6 is 0 Å². The van der Waals surface area contributed by atoms with Crippen molar-refractivity contribution >= 4 is 65.2 Å². The Labute approximate surface area is 336 Å². The Balaban J connectivity index is 0.971. The van der Waals surface area contributed by atoms with Gasteiger partial charge in [0.1, 0.15) is 0 Å². The molecule has 12 rings (SSSR count). The highest BCUT2D eigenvalue weighted by molar-refractivity contribution is 6.13. The number of hydrogen-bond acceptors (Lipinski definition) is 0. The maximum atomic E-state index is 2.42. The lowest BCUT2D eigenvalue weighted by Gasteiger charge is -2.12. The highest BCUT2D eigenvalue weighted by Crippen LogP contribution is 2.39. The molecule has 0 radical (unpaired) electrons. The monoisotopic (exact) mass is 736 g/mol. The molecule has 0 aliphatic carbocycles. The van der Waals surface area contributed by atoms with Gasteiger partial charge >= 0.3 is 0 Å². The van der Waals surface area contributed by atoms with Gasteiger partial charge in [0.2, 0.25) is 0 Å². The molecule has 0 atom stereocenters. The van der Waals surface area contributed by atoms with Crippen molar-refractivity contribution in [2.75, 3.05) is 0 Å². The van der Waals surface area contributed by atoms with Gasteiger partial charge in [-0.25, -0.2) is 0 Å². The number of hydrogen-bond donors (Lipinski definition) is 0.